The smallest absolute Gasteiger partial charge is 0.387 e. The highest BCUT2D eigenvalue weighted by Gasteiger charge is 2.32. The number of nitrogens with one attached hydrogen (secondary N) is 1. The minimum absolute atomic E-state index is 0.00471. The van der Waals surface area contributed by atoms with Crippen LogP contribution in [0.3, 0.4) is 0 Å². The topological polar surface area (TPSA) is 138 Å². The van der Waals surface area contributed by atoms with Crippen molar-refractivity contribution in [2.24, 2.45) is 5.92 Å². The molecule has 2 aromatic carbocycles. The molecule has 0 bridgehead atoms. The van der Waals surface area contributed by atoms with Crippen LogP contribution in [0.25, 0.3) is 0 Å². The van der Waals surface area contributed by atoms with Crippen molar-refractivity contribution in [3.63, 3.8) is 0 Å². The monoisotopic (exact) mass is 685 g/mol. The number of hydrogen-bond donors (Lipinski definition) is 1. The summed E-state index contributed by atoms with van der Waals surface area (Å²) < 4.78 is 68.4. The molecule has 1 unspecified atom stereocenters. The quantitative estimate of drug-likeness (QED) is 0.153. The number of ether oxygens (including phenoxy) is 3. The Labute approximate surface area is 267 Å². The van der Waals surface area contributed by atoms with Gasteiger partial charge in [-0.15, -0.1) is 0 Å². The predicted octanol–water partition coefficient (Wildman–Crippen LogP) is 4.87. The fourth-order valence-electron chi connectivity index (χ4n) is 4.78. The van der Waals surface area contributed by atoms with E-state index < -0.39 is 41.2 Å². The van der Waals surface area contributed by atoms with E-state index >= 15 is 0 Å². The lowest BCUT2D eigenvalue weighted by Crippen LogP contribution is -2.32. The number of aromatic nitrogens is 1. The third-order valence-corrected chi connectivity index (χ3v) is 8.32. The van der Waals surface area contributed by atoms with Gasteiger partial charge in [-0.05, 0) is 54.2 Å². The molecular weight excluding hydrogens is 659 g/mol. The van der Waals surface area contributed by atoms with Crippen LogP contribution in [0.5, 0.6) is 11.5 Å². The van der Waals surface area contributed by atoms with Crippen molar-refractivity contribution in [3.05, 3.63) is 86.3 Å². The van der Waals surface area contributed by atoms with Gasteiger partial charge in [-0.3, -0.25) is 14.3 Å². The highest BCUT2D eigenvalue weighted by atomic mass is 35.5. The Balaban J connectivity index is 1.39. The summed E-state index contributed by atoms with van der Waals surface area (Å²) in [6.07, 6.45) is 3.82. The number of sulfonamides is 1. The van der Waals surface area contributed by atoms with Crippen LogP contribution in [0.2, 0.25) is 10.0 Å². The second-order valence-electron chi connectivity index (χ2n) is 10.7. The molecule has 0 radical (unpaired) electrons. The Hall–Kier alpha value is -3.88. The lowest BCUT2D eigenvalue weighted by molar-refractivity contribution is -0.605. The van der Waals surface area contributed by atoms with Crippen LogP contribution in [0.15, 0.2) is 48.8 Å². The number of amides is 1. The predicted molar refractivity (Wildman–Crippen MR) is 159 cm³/mol. The van der Waals surface area contributed by atoms with Gasteiger partial charge < -0.3 is 24.3 Å². The molecule has 0 saturated heterocycles. The SMILES string of the molecule is CS(=O)(=O)Nc1ccc2c(c1)C(=O)N(CC(=O)OC(Cc1c(Cl)c[n+]([O-])cc1Cl)c1ccc(OC(F)F)c(OCC3CC3)c1)C2. The summed E-state index contributed by atoms with van der Waals surface area (Å²) in [5, 5.41) is 11.8. The van der Waals surface area contributed by atoms with Gasteiger partial charge in [0.05, 0.1) is 12.9 Å². The Morgan fingerprint density at radius 1 is 1.13 bits per heavy atom. The van der Waals surface area contributed by atoms with Crippen LogP contribution in [0, 0.1) is 11.1 Å². The lowest BCUT2D eigenvalue weighted by Gasteiger charge is -2.23. The zero-order chi connectivity index (χ0) is 32.5. The molecule has 1 aliphatic carbocycles. The third-order valence-electron chi connectivity index (χ3n) is 7.06. The third kappa shape index (κ3) is 8.44. The molecule has 240 valence electrons. The largest absolute Gasteiger partial charge is 0.619 e. The summed E-state index contributed by atoms with van der Waals surface area (Å²) in [4.78, 5) is 27.6. The van der Waals surface area contributed by atoms with Gasteiger partial charge in [0, 0.05) is 29.8 Å². The first-order chi connectivity index (χ1) is 21.3. The number of carbonyl (C=O) groups is 2. The Morgan fingerprint density at radius 3 is 2.49 bits per heavy atom. The van der Waals surface area contributed by atoms with E-state index in [1.54, 1.807) is 6.07 Å². The van der Waals surface area contributed by atoms with Crippen LogP contribution < -0.4 is 18.9 Å². The molecule has 5 rings (SSSR count). The van der Waals surface area contributed by atoms with Gasteiger partial charge >= 0.3 is 12.6 Å². The van der Waals surface area contributed by atoms with E-state index in [1.807, 2.05) is 0 Å². The molecule has 2 heterocycles. The van der Waals surface area contributed by atoms with E-state index in [4.69, 9.17) is 32.7 Å². The maximum atomic E-state index is 13.3. The first kappa shape index (κ1) is 32.5. The maximum absolute atomic E-state index is 13.3. The summed E-state index contributed by atoms with van der Waals surface area (Å²) in [6, 6.07) is 8.60. The van der Waals surface area contributed by atoms with Crippen molar-refractivity contribution in [1.82, 2.24) is 4.90 Å². The number of fused-ring (bicyclic) bond motifs is 1. The van der Waals surface area contributed by atoms with E-state index in [0.29, 0.717) is 21.8 Å². The number of hydrogen-bond acceptors (Lipinski definition) is 8. The maximum Gasteiger partial charge on any atom is 0.387 e. The number of pyridine rings is 1. The molecule has 2 aliphatic rings. The Bertz CT molecular complexity index is 1720. The molecule has 45 heavy (non-hydrogen) atoms. The summed E-state index contributed by atoms with van der Waals surface area (Å²) in [7, 11) is -3.58. The fraction of sp³-hybridized carbons (Fsp3) is 0.345. The summed E-state index contributed by atoms with van der Waals surface area (Å²) in [5.74, 6) is -1.21. The van der Waals surface area contributed by atoms with E-state index in [1.165, 1.54) is 35.2 Å². The molecule has 0 spiro atoms. The zero-order valence-corrected chi connectivity index (χ0v) is 26.0. The molecule has 1 fully saturated rings. The van der Waals surface area contributed by atoms with Crippen LogP contribution in [-0.4, -0.2) is 51.2 Å². The number of alkyl halides is 2. The Morgan fingerprint density at radius 2 is 1.84 bits per heavy atom. The zero-order valence-electron chi connectivity index (χ0n) is 23.7. The van der Waals surface area contributed by atoms with Gasteiger partial charge in [0.1, 0.15) is 22.7 Å². The van der Waals surface area contributed by atoms with E-state index in [0.717, 1.165) is 31.5 Å². The van der Waals surface area contributed by atoms with Gasteiger partial charge in [0.25, 0.3) is 5.91 Å². The number of rotatable bonds is 13. The van der Waals surface area contributed by atoms with E-state index in [9.17, 15) is 32.0 Å². The van der Waals surface area contributed by atoms with Crippen LogP contribution in [0.4, 0.5) is 14.5 Å². The van der Waals surface area contributed by atoms with Crippen LogP contribution in [0.1, 0.15) is 46.0 Å². The Kier molecular flexibility index (Phi) is 9.56. The van der Waals surface area contributed by atoms with Crippen molar-refractivity contribution < 1.29 is 45.7 Å². The van der Waals surface area contributed by atoms with Gasteiger partial charge in [-0.25, -0.2) is 8.42 Å². The van der Waals surface area contributed by atoms with Crippen molar-refractivity contribution in [2.75, 3.05) is 24.1 Å². The highest BCUT2D eigenvalue weighted by molar-refractivity contribution is 7.92. The van der Waals surface area contributed by atoms with Gasteiger partial charge in [0.15, 0.2) is 23.9 Å². The molecule has 1 saturated carbocycles. The molecular formula is C29H27Cl2F2N3O8S. The average molecular weight is 687 g/mol. The van der Waals surface area contributed by atoms with E-state index in [2.05, 4.69) is 9.46 Å². The standard InChI is InChI=1S/C29H27Cl2F2N3O8S/c1-45(40,41)34-19-6-4-18-11-35(28(38)20(18)9-19)14-27(37)43-25(10-21-22(30)12-36(39)13-23(21)31)17-5-7-24(44-29(32)33)26(8-17)42-15-16-2-3-16/h4-9,12-13,16,25,29,34H,2-3,10-11,14-15H2,1H3. The average Bonchev–Trinajstić information content (AvgIpc) is 3.72. The molecule has 1 atom stereocenters. The summed E-state index contributed by atoms with van der Waals surface area (Å²) >= 11 is 12.6. The molecule has 1 N–H and O–H groups in total. The number of esters is 1. The summed E-state index contributed by atoms with van der Waals surface area (Å²) in [5.41, 5.74) is 1.63. The van der Waals surface area contributed by atoms with Crippen molar-refractivity contribution in [3.8, 4) is 11.5 Å². The van der Waals surface area contributed by atoms with Crippen molar-refractivity contribution >= 4 is 50.8 Å². The molecule has 11 nitrogen and oxygen atoms in total. The number of halogens is 4. The number of benzene rings is 2. The van der Waals surface area contributed by atoms with Gasteiger partial charge in [-0.1, -0.05) is 35.3 Å². The minimum atomic E-state index is -3.58. The molecule has 1 aliphatic heterocycles. The van der Waals surface area contributed by atoms with Crippen molar-refractivity contribution in [2.45, 2.75) is 38.5 Å². The van der Waals surface area contributed by atoms with E-state index in [-0.39, 0.29) is 57.9 Å². The number of carbonyl (C=O) groups excluding carboxylic acids is 2. The van der Waals surface area contributed by atoms with Gasteiger partial charge in [-0.2, -0.15) is 13.5 Å². The summed E-state index contributed by atoms with van der Waals surface area (Å²) in [6.45, 7) is -3.21. The number of nitrogens with zero attached hydrogens (tertiary/aromatic N) is 2. The fourth-order valence-corrected chi connectivity index (χ4v) is 5.93. The van der Waals surface area contributed by atoms with Crippen LogP contribution in [-0.2, 0) is 32.5 Å². The van der Waals surface area contributed by atoms with Crippen LogP contribution >= 0.6 is 23.2 Å². The second kappa shape index (κ2) is 13.2. The first-order valence-corrected chi connectivity index (χ1v) is 16.3. The molecule has 16 heteroatoms. The minimum Gasteiger partial charge on any atom is -0.619 e. The van der Waals surface area contributed by atoms with Gasteiger partial charge in [0.2, 0.25) is 10.0 Å². The molecule has 1 aromatic heterocycles. The first-order valence-electron chi connectivity index (χ1n) is 13.6. The number of anilines is 1. The lowest BCUT2D eigenvalue weighted by atomic mass is 10.0. The van der Waals surface area contributed by atoms with Crippen molar-refractivity contribution in [1.29, 1.82) is 0 Å². The molecule has 1 amide bonds. The highest BCUT2D eigenvalue weighted by Crippen LogP contribution is 2.38. The normalized spacial score (nSPS) is 15.2. The second-order valence-corrected chi connectivity index (χ2v) is 13.3. The molecule has 3 aromatic rings.